The Morgan fingerprint density at radius 1 is 1.50 bits per heavy atom. The van der Waals surface area contributed by atoms with Gasteiger partial charge in [0.05, 0.1) is 11.9 Å². The molecule has 0 bridgehead atoms. The number of nitrogens with zero attached hydrogens (tertiary/aromatic N) is 1. The number of aromatic nitrogens is 2. The second-order valence-corrected chi connectivity index (χ2v) is 6.44. The van der Waals surface area contributed by atoms with Gasteiger partial charge in [0, 0.05) is 25.0 Å². The maximum atomic E-state index is 11.9. The van der Waals surface area contributed by atoms with Crippen molar-refractivity contribution in [2.75, 3.05) is 6.54 Å². The highest BCUT2D eigenvalue weighted by atomic mass is 16.6. The lowest BCUT2D eigenvalue weighted by Crippen LogP contribution is -2.59. The van der Waals surface area contributed by atoms with Gasteiger partial charge in [0.1, 0.15) is 5.60 Å². The largest absolute Gasteiger partial charge is 0.444 e. The predicted octanol–water partition coefficient (Wildman–Crippen LogP) is 1.95. The number of amides is 1. The molecule has 0 atom stereocenters. The maximum absolute atomic E-state index is 11.9. The van der Waals surface area contributed by atoms with E-state index in [0.29, 0.717) is 0 Å². The van der Waals surface area contributed by atoms with E-state index in [1.165, 1.54) is 0 Å². The fourth-order valence-corrected chi connectivity index (χ4v) is 2.29. The highest BCUT2D eigenvalue weighted by Crippen LogP contribution is 2.31. The summed E-state index contributed by atoms with van der Waals surface area (Å²) in [5.41, 5.74) is 0.414. The molecule has 1 aliphatic carbocycles. The van der Waals surface area contributed by atoms with Crippen LogP contribution in [0, 0.1) is 0 Å². The summed E-state index contributed by atoms with van der Waals surface area (Å²) in [6.07, 6.45) is 6.24. The van der Waals surface area contributed by atoms with Crippen LogP contribution in [0.2, 0.25) is 0 Å². The molecule has 0 saturated heterocycles. The number of H-pyrrole nitrogens is 1. The summed E-state index contributed by atoms with van der Waals surface area (Å²) >= 11 is 0. The molecule has 0 aromatic carbocycles. The third-order valence-corrected chi connectivity index (χ3v) is 3.41. The summed E-state index contributed by atoms with van der Waals surface area (Å²) in [5, 5.41) is 6.37. The first-order chi connectivity index (χ1) is 9.39. The molecule has 0 radical (unpaired) electrons. The highest BCUT2D eigenvalue weighted by Gasteiger charge is 2.39. The standard InChI is InChI=1S/C14H24N4O2/c1-13(2,3)20-12(19)18-14(5-4-6-14)9-15-7-11-8-16-10-17-11/h8,10,15H,4-7,9H2,1-3H3,(H,16,17)(H,18,19). The second kappa shape index (κ2) is 5.83. The third kappa shape index (κ3) is 4.23. The summed E-state index contributed by atoms with van der Waals surface area (Å²) < 4.78 is 5.33. The van der Waals surface area contributed by atoms with E-state index in [0.717, 1.165) is 38.0 Å². The number of hydrogen-bond acceptors (Lipinski definition) is 4. The van der Waals surface area contributed by atoms with Gasteiger partial charge in [-0.15, -0.1) is 0 Å². The van der Waals surface area contributed by atoms with Crippen molar-refractivity contribution in [3.05, 3.63) is 18.2 Å². The molecular weight excluding hydrogens is 256 g/mol. The smallest absolute Gasteiger partial charge is 0.408 e. The molecule has 1 aliphatic rings. The van der Waals surface area contributed by atoms with E-state index >= 15 is 0 Å². The number of rotatable bonds is 5. The number of imidazole rings is 1. The first-order valence-electron chi connectivity index (χ1n) is 7.08. The monoisotopic (exact) mass is 280 g/mol. The van der Waals surface area contributed by atoms with E-state index in [2.05, 4.69) is 20.6 Å². The lowest BCUT2D eigenvalue weighted by molar-refractivity contribution is 0.0382. The van der Waals surface area contributed by atoms with E-state index in [4.69, 9.17) is 4.74 Å². The number of nitrogens with one attached hydrogen (secondary N) is 3. The molecule has 1 aromatic rings. The quantitative estimate of drug-likeness (QED) is 0.770. The van der Waals surface area contributed by atoms with Crippen LogP contribution >= 0.6 is 0 Å². The van der Waals surface area contributed by atoms with Crippen molar-refractivity contribution in [3.8, 4) is 0 Å². The van der Waals surface area contributed by atoms with Gasteiger partial charge in [-0.05, 0) is 40.0 Å². The van der Waals surface area contributed by atoms with Crippen molar-refractivity contribution in [1.82, 2.24) is 20.6 Å². The fourth-order valence-electron chi connectivity index (χ4n) is 2.29. The van der Waals surface area contributed by atoms with Gasteiger partial charge < -0.3 is 20.4 Å². The zero-order chi connectivity index (χ0) is 14.6. The number of hydrogen-bond donors (Lipinski definition) is 3. The van der Waals surface area contributed by atoms with Crippen molar-refractivity contribution >= 4 is 6.09 Å². The highest BCUT2D eigenvalue weighted by molar-refractivity contribution is 5.69. The minimum atomic E-state index is -0.460. The first kappa shape index (κ1) is 14.8. The van der Waals surface area contributed by atoms with Crippen LogP contribution in [0.3, 0.4) is 0 Å². The van der Waals surface area contributed by atoms with Crippen molar-refractivity contribution in [3.63, 3.8) is 0 Å². The Balaban J connectivity index is 1.78. The molecule has 1 amide bonds. The normalized spacial score (nSPS) is 17.4. The van der Waals surface area contributed by atoms with Gasteiger partial charge in [0.2, 0.25) is 0 Å². The number of alkyl carbamates (subject to hydrolysis) is 1. The molecule has 112 valence electrons. The number of aromatic amines is 1. The summed E-state index contributed by atoms with van der Waals surface area (Å²) in [4.78, 5) is 18.9. The van der Waals surface area contributed by atoms with E-state index in [1.807, 2.05) is 20.8 Å². The SMILES string of the molecule is CC(C)(C)OC(=O)NC1(CNCc2cnc[nH]2)CCC1. The zero-order valence-electron chi connectivity index (χ0n) is 12.5. The van der Waals surface area contributed by atoms with E-state index in [-0.39, 0.29) is 11.6 Å². The third-order valence-electron chi connectivity index (χ3n) is 3.41. The lowest BCUT2D eigenvalue weighted by Gasteiger charge is -2.42. The molecule has 0 aliphatic heterocycles. The Hall–Kier alpha value is -1.56. The number of ether oxygens (including phenoxy) is 1. The van der Waals surface area contributed by atoms with Gasteiger partial charge in [-0.25, -0.2) is 9.78 Å². The molecule has 6 nitrogen and oxygen atoms in total. The lowest BCUT2D eigenvalue weighted by atomic mass is 9.76. The van der Waals surface area contributed by atoms with Crippen molar-refractivity contribution in [1.29, 1.82) is 0 Å². The van der Waals surface area contributed by atoms with Gasteiger partial charge in [-0.1, -0.05) is 0 Å². The van der Waals surface area contributed by atoms with Crippen LogP contribution in [0.4, 0.5) is 4.79 Å². The van der Waals surface area contributed by atoms with Crippen LogP contribution in [0.15, 0.2) is 12.5 Å². The topological polar surface area (TPSA) is 79.0 Å². The molecule has 1 aromatic heterocycles. The molecule has 3 N–H and O–H groups in total. The fraction of sp³-hybridized carbons (Fsp3) is 0.714. The minimum absolute atomic E-state index is 0.164. The molecule has 0 spiro atoms. The Bertz CT molecular complexity index is 433. The Kier molecular flexibility index (Phi) is 4.32. The Morgan fingerprint density at radius 3 is 2.75 bits per heavy atom. The minimum Gasteiger partial charge on any atom is -0.444 e. The molecular formula is C14H24N4O2. The summed E-state index contributed by atoms with van der Waals surface area (Å²) in [6.45, 7) is 7.08. The Morgan fingerprint density at radius 2 is 2.25 bits per heavy atom. The molecule has 1 heterocycles. The molecule has 20 heavy (non-hydrogen) atoms. The number of carbonyl (C=O) groups is 1. The average molecular weight is 280 g/mol. The molecule has 2 rings (SSSR count). The predicted molar refractivity (Wildman–Crippen MR) is 76.2 cm³/mol. The van der Waals surface area contributed by atoms with Gasteiger partial charge >= 0.3 is 6.09 Å². The van der Waals surface area contributed by atoms with E-state index < -0.39 is 5.60 Å². The number of carbonyl (C=O) groups excluding carboxylic acids is 1. The van der Waals surface area contributed by atoms with Crippen LogP contribution in [0.1, 0.15) is 45.7 Å². The van der Waals surface area contributed by atoms with Crippen LogP contribution in [-0.4, -0.2) is 33.7 Å². The van der Waals surface area contributed by atoms with Crippen LogP contribution in [0.25, 0.3) is 0 Å². The zero-order valence-corrected chi connectivity index (χ0v) is 12.5. The molecule has 0 unspecified atom stereocenters. The van der Waals surface area contributed by atoms with Gasteiger partial charge in [-0.3, -0.25) is 0 Å². The van der Waals surface area contributed by atoms with Crippen molar-refractivity contribution in [2.45, 2.75) is 57.7 Å². The molecule has 6 heteroatoms. The maximum Gasteiger partial charge on any atom is 0.408 e. The van der Waals surface area contributed by atoms with Gasteiger partial charge in [0.25, 0.3) is 0 Å². The average Bonchev–Trinajstić information content (AvgIpc) is 2.75. The molecule has 1 saturated carbocycles. The van der Waals surface area contributed by atoms with Gasteiger partial charge in [0.15, 0.2) is 0 Å². The Labute approximate surface area is 119 Å². The van der Waals surface area contributed by atoms with Crippen LogP contribution in [0.5, 0.6) is 0 Å². The van der Waals surface area contributed by atoms with Crippen molar-refractivity contribution < 1.29 is 9.53 Å². The summed E-state index contributed by atoms with van der Waals surface area (Å²) in [6, 6.07) is 0. The van der Waals surface area contributed by atoms with E-state index in [1.54, 1.807) is 12.5 Å². The van der Waals surface area contributed by atoms with Crippen LogP contribution in [-0.2, 0) is 11.3 Å². The van der Waals surface area contributed by atoms with Crippen LogP contribution < -0.4 is 10.6 Å². The van der Waals surface area contributed by atoms with E-state index in [9.17, 15) is 4.79 Å². The van der Waals surface area contributed by atoms with Crippen molar-refractivity contribution in [2.24, 2.45) is 0 Å². The van der Waals surface area contributed by atoms with Gasteiger partial charge in [-0.2, -0.15) is 0 Å². The summed E-state index contributed by atoms with van der Waals surface area (Å²) in [5.74, 6) is 0. The molecule has 1 fully saturated rings. The first-order valence-corrected chi connectivity index (χ1v) is 7.08. The second-order valence-electron chi connectivity index (χ2n) is 6.44. The summed E-state index contributed by atoms with van der Waals surface area (Å²) in [7, 11) is 0.